The van der Waals surface area contributed by atoms with Gasteiger partial charge in [-0.1, -0.05) is 51.1 Å². The number of carbonyl (C=O) groups excluding carboxylic acids is 1. The molecule has 1 aromatic heterocycles. The fraction of sp³-hybridized carbons (Fsp3) is 0.500. The number of hydrogen-bond acceptors (Lipinski definition) is 5. The second-order valence-corrected chi connectivity index (χ2v) is 12.5. The van der Waals surface area contributed by atoms with Crippen LogP contribution >= 0.6 is 11.9 Å². The van der Waals surface area contributed by atoms with Gasteiger partial charge in [0.2, 0.25) is 0 Å². The van der Waals surface area contributed by atoms with Gasteiger partial charge in [-0.25, -0.2) is 0 Å². The van der Waals surface area contributed by atoms with Crippen molar-refractivity contribution in [2.45, 2.75) is 65.6 Å². The number of carbonyl (C=O) groups is 1. The number of aromatic nitrogens is 1. The summed E-state index contributed by atoms with van der Waals surface area (Å²) in [5.41, 5.74) is 5.46. The highest BCUT2D eigenvalue weighted by molar-refractivity contribution is 8.00. The number of amides is 1. The van der Waals surface area contributed by atoms with Gasteiger partial charge in [-0.15, -0.1) is 0 Å². The molecule has 4 rings (SSSR count). The van der Waals surface area contributed by atoms with E-state index < -0.39 is 12.1 Å². The third-order valence-electron chi connectivity index (χ3n) is 7.12. The van der Waals surface area contributed by atoms with Crippen molar-refractivity contribution in [1.29, 1.82) is 0 Å². The molecule has 0 saturated heterocycles. The SMILES string of the molecule is CCn1cc2c3c(cc(C(=O)N[C@@H](Cc4ccccc4)[C@H](O)CNCCC(C)(C)C)cc31)N(C)SCC2. The summed E-state index contributed by atoms with van der Waals surface area (Å²) in [6.45, 7) is 10.9. The van der Waals surface area contributed by atoms with Crippen LogP contribution in [0.3, 0.4) is 0 Å². The number of benzene rings is 2. The van der Waals surface area contributed by atoms with Crippen LogP contribution in [0.5, 0.6) is 0 Å². The maximum absolute atomic E-state index is 13.7. The lowest BCUT2D eigenvalue weighted by molar-refractivity contribution is 0.0829. The molecule has 3 aromatic rings. The summed E-state index contributed by atoms with van der Waals surface area (Å²) in [5.74, 6) is 0.865. The van der Waals surface area contributed by atoms with E-state index in [2.05, 4.69) is 60.4 Å². The van der Waals surface area contributed by atoms with Crippen molar-refractivity contribution in [2.75, 3.05) is 30.2 Å². The molecule has 7 heteroatoms. The first-order valence-electron chi connectivity index (χ1n) is 13.4. The molecule has 0 fully saturated rings. The molecule has 200 valence electrons. The molecule has 0 spiro atoms. The first-order chi connectivity index (χ1) is 17.7. The van der Waals surface area contributed by atoms with Gasteiger partial charge in [-0.2, -0.15) is 0 Å². The van der Waals surface area contributed by atoms with Crippen LogP contribution in [0.1, 0.15) is 55.6 Å². The summed E-state index contributed by atoms with van der Waals surface area (Å²) in [6.07, 6.45) is 4.13. The topological polar surface area (TPSA) is 69.5 Å². The average Bonchev–Trinajstić information content (AvgIpc) is 3.14. The predicted molar refractivity (Wildman–Crippen MR) is 157 cm³/mol. The maximum Gasteiger partial charge on any atom is 0.251 e. The molecule has 0 radical (unpaired) electrons. The standard InChI is InChI=1S/C30H42N4O2S/c1-6-34-20-22-12-15-37-33(5)25-17-23(18-26(34)28(22)25)29(36)32-24(16-21-10-8-7-9-11-21)27(35)19-31-14-13-30(2,3)4/h7-11,17-18,20,24,27,31,35H,6,12-16,19H2,1-5H3,(H,32,36)/t24-,27+/m0/s1. The van der Waals surface area contributed by atoms with Crippen LogP contribution < -0.4 is 14.9 Å². The van der Waals surface area contributed by atoms with Crippen LogP contribution in [0.4, 0.5) is 5.69 Å². The number of aliphatic hydroxyl groups is 1. The molecule has 2 aromatic carbocycles. The van der Waals surface area contributed by atoms with Crippen molar-refractivity contribution in [3.63, 3.8) is 0 Å². The Balaban J connectivity index is 1.57. The number of hydrogen-bond donors (Lipinski definition) is 3. The molecule has 3 N–H and O–H groups in total. The van der Waals surface area contributed by atoms with Gasteiger partial charge < -0.3 is 24.6 Å². The Labute approximate surface area is 225 Å². The molecule has 37 heavy (non-hydrogen) atoms. The van der Waals surface area contributed by atoms with E-state index in [-0.39, 0.29) is 11.3 Å². The van der Waals surface area contributed by atoms with E-state index in [4.69, 9.17) is 0 Å². The number of aryl methyl sites for hydroxylation is 2. The van der Waals surface area contributed by atoms with Gasteiger partial charge >= 0.3 is 0 Å². The van der Waals surface area contributed by atoms with Crippen molar-refractivity contribution in [3.8, 4) is 0 Å². The third-order valence-corrected chi connectivity index (χ3v) is 8.09. The van der Waals surface area contributed by atoms with E-state index in [9.17, 15) is 9.90 Å². The summed E-state index contributed by atoms with van der Waals surface area (Å²) in [6, 6.07) is 13.7. The molecule has 1 aliphatic heterocycles. The van der Waals surface area contributed by atoms with Crippen LogP contribution in [0.25, 0.3) is 10.9 Å². The Morgan fingerprint density at radius 2 is 1.95 bits per heavy atom. The van der Waals surface area contributed by atoms with Gasteiger partial charge in [0.05, 0.1) is 23.3 Å². The summed E-state index contributed by atoms with van der Waals surface area (Å²) in [4.78, 5) is 13.7. The second kappa shape index (κ2) is 11.9. The number of anilines is 1. The number of aliphatic hydroxyl groups excluding tert-OH is 1. The second-order valence-electron chi connectivity index (χ2n) is 11.3. The van der Waals surface area contributed by atoms with Gasteiger partial charge in [0.1, 0.15) is 0 Å². The van der Waals surface area contributed by atoms with Crippen LogP contribution in [-0.4, -0.2) is 53.6 Å². The smallest absolute Gasteiger partial charge is 0.251 e. The normalized spacial score (nSPS) is 15.5. The summed E-state index contributed by atoms with van der Waals surface area (Å²) >= 11 is 1.78. The van der Waals surface area contributed by atoms with Crippen molar-refractivity contribution in [1.82, 2.24) is 15.2 Å². The lowest BCUT2D eigenvalue weighted by Crippen LogP contribution is -2.49. The van der Waals surface area contributed by atoms with Crippen LogP contribution in [0.15, 0.2) is 48.7 Å². The van der Waals surface area contributed by atoms with Gasteiger partial charge in [-0.3, -0.25) is 4.79 Å². The summed E-state index contributed by atoms with van der Waals surface area (Å²) < 4.78 is 4.43. The van der Waals surface area contributed by atoms with Crippen LogP contribution in [-0.2, 0) is 19.4 Å². The van der Waals surface area contributed by atoms with Crippen LogP contribution in [0.2, 0.25) is 0 Å². The van der Waals surface area contributed by atoms with E-state index in [1.165, 1.54) is 10.9 Å². The van der Waals surface area contributed by atoms with E-state index in [0.29, 0.717) is 18.5 Å². The number of nitrogens with one attached hydrogen (secondary N) is 2. The van der Waals surface area contributed by atoms with E-state index in [1.807, 2.05) is 42.5 Å². The molecule has 0 aliphatic carbocycles. The van der Waals surface area contributed by atoms with Crippen molar-refractivity contribution in [3.05, 3.63) is 65.4 Å². The fourth-order valence-electron chi connectivity index (χ4n) is 4.94. The zero-order chi connectivity index (χ0) is 26.6. The average molecular weight is 523 g/mol. The molecule has 0 saturated carbocycles. The Kier molecular flexibility index (Phi) is 8.88. The van der Waals surface area contributed by atoms with E-state index in [1.54, 1.807) is 11.9 Å². The first kappa shape index (κ1) is 27.6. The first-order valence-corrected chi connectivity index (χ1v) is 14.4. The number of nitrogens with zero attached hydrogens (tertiary/aromatic N) is 2. The molecular formula is C30H42N4O2S. The van der Waals surface area contributed by atoms with Gasteiger partial charge in [0, 0.05) is 43.0 Å². The minimum Gasteiger partial charge on any atom is -0.390 e. The van der Waals surface area contributed by atoms with Gasteiger partial charge in [0.25, 0.3) is 5.91 Å². The highest BCUT2D eigenvalue weighted by Gasteiger charge is 2.25. The Bertz CT molecular complexity index is 1200. The summed E-state index contributed by atoms with van der Waals surface area (Å²) in [7, 11) is 2.07. The van der Waals surface area contributed by atoms with Gasteiger partial charge in [-0.05, 0) is 73.4 Å². The minimum atomic E-state index is -0.709. The highest BCUT2D eigenvalue weighted by atomic mass is 32.2. The van der Waals surface area contributed by atoms with E-state index >= 15 is 0 Å². The zero-order valence-corrected chi connectivity index (χ0v) is 23.7. The predicted octanol–water partition coefficient (Wildman–Crippen LogP) is 5.03. The Morgan fingerprint density at radius 1 is 1.19 bits per heavy atom. The molecule has 0 unspecified atom stereocenters. The Morgan fingerprint density at radius 3 is 2.65 bits per heavy atom. The summed E-state index contributed by atoms with van der Waals surface area (Å²) in [5, 5.41) is 19.0. The quantitative estimate of drug-likeness (QED) is 0.257. The minimum absolute atomic E-state index is 0.152. The van der Waals surface area contributed by atoms with Crippen molar-refractivity contribution >= 4 is 34.4 Å². The fourth-order valence-corrected chi connectivity index (χ4v) is 5.81. The lowest BCUT2D eigenvalue weighted by Gasteiger charge is -2.26. The Hall–Kier alpha value is -2.48. The largest absolute Gasteiger partial charge is 0.390 e. The maximum atomic E-state index is 13.7. The molecule has 0 bridgehead atoms. The molecule has 2 heterocycles. The molecule has 1 amide bonds. The van der Waals surface area contributed by atoms with E-state index in [0.717, 1.165) is 48.5 Å². The lowest BCUT2D eigenvalue weighted by atomic mass is 9.92. The van der Waals surface area contributed by atoms with Crippen molar-refractivity contribution < 1.29 is 9.90 Å². The molecule has 6 nitrogen and oxygen atoms in total. The van der Waals surface area contributed by atoms with Crippen LogP contribution in [0, 0.1) is 5.41 Å². The monoisotopic (exact) mass is 522 g/mol. The molecule has 2 atom stereocenters. The zero-order valence-electron chi connectivity index (χ0n) is 22.9. The third kappa shape index (κ3) is 6.89. The molecule has 1 aliphatic rings. The van der Waals surface area contributed by atoms with Gasteiger partial charge in [0.15, 0.2) is 0 Å². The number of rotatable bonds is 10. The molecular weight excluding hydrogens is 480 g/mol. The van der Waals surface area contributed by atoms with Crippen molar-refractivity contribution in [2.24, 2.45) is 5.41 Å². The highest BCUT2D eigenvalue weighted by Crippen LogP contribution is 2.38.